The van der Waals surface area contributed by atoms with Gasteiger partial charge in [0.2, 0.25) is 0 Å². The highest BCUT2D eigenvalue weighted by Gasteiger charge is 2.23. The van der Waals surface area contributed by atoms with Crippen molar-refractivity contribution in [3.63, 3.8) is 0 Å². The molecule has 7 nitrogen and oxygen atoms in total. The summed E-state index contributed by atoms with van der Waals surface area (Å²) in [6.07, 6.45) is 3.04. The Morgan fingerprint density at radius 2 is 2.24 bits per heavy atom. The first-order valence-corrected chi connectivity index (χ1v) is 14.6. The standard InChI is InChI=1S/C20H30N4O3SSi/c1-15(25)12-23-8-10-28-20(23)22-19(26)17-13-24(14-27-9-11-29(2,3)4)18-16(17)6-5-7-21-18/h5-7,13,15,25H,8-12,14H2,1-4H3. The van der Waals surface area contributed by atoms with Gasteiger partial charge in [-0.2, -0.15) is 4.99 Å². The molecule has 1 unspecified atom stereocenters. The molecule has 3 heterocycles. The van der Waals surface area contributed by atoms with Crippen LogP contribution in [0.25, 0.3) is 11.0 Å². The summed E-state index contributed by atoms with van der Waals surface area (Å²) in [6.45, 7) is 11.0. The Morgan fingerprint density at radius 3 is 2.97 bits per heavy atom. The molecule has 1 aliphatic rings. The van der Waals surface area contributed by atoms with E-state index in [1.54, 1.807) is 31.1 Å². The van der Waals surface area contributed by atoms with Gasteiger partial charge in [-0.1, -0.05) is 31.4 Å². The predicted molar refractivity (Wildman–Crippen MR) is 121 cm³/mol. The molecule has 0 saturated carbocycles. The van der Waals surface area contributed by atoms with E-state index < -0.39 is 14.2 Å². The fourth-order valence-electron chi connectivity index (χ4n) is 3.11. The van der Waals surface area contributed by atoms with Gasteiger partial charge in [0.15, 0.2) is 5.17 Å². The number of pyridine rings is 1. The van der Waals surface area contributed by atoms with E-state index in [1.165, 1.54) is 0 Å². The minimum atomic E-state index is -1.15. The van der Waals surface area contributed by atoms with E-state index >= 15 is 0 Å². The van der Waals surface area contributed by atoms with Crippen molar-refractivity contribution < 1.29 is 14.6 Å². The third kappa shape index (κ3) is 5.91. The van der Waals surface area contributed by atoms with Crippen LogP contribution in [0.1, 0.15) is 17.3 Å². The lowest BCUT2D eigenvalue weighted by Gasteiger charge is -2.18. The third-order valence-corrected chi connectivity index (χ3v) is 7.33. The van der Waals surface area contributed by atoms with Gasteiger partial charge in [0, 0.05) is 51.3 Å². The summed E-state index contributed by atoms with van der Waals surface area (Å²) in [4.78, 5) is 23.7. The largest absolute Gasteiger partial charge is 0.392 e. The first-order chi connectivity index (χ1) is 13.7. The van der Waals surface area contributed by atoms with E-state index in [2.05, 4.69) is 29.6 Å². The Kier molecular flexibility index (Phi) is 7.15. The number of hydrogen-bond acceptors (Lipinski definition) is 5. The second kappa shape index (κ2) is 9.42. The molecule has 0 bridgehead atoms. The van der Waals surface area contributed by atoms with Crippen molar-refractivity contribution in [3.05, 3.63) is 30.1 Å². The van der Waals surface area contributed by atoms with Crippen LogP contribution in [-0.4, -0.2) is 70.3 Å². The lowest BCUT2D eigenvalue weighted by Crippen LogP contribution is -2.32. The number of rotatable bonds is 8. The Bertz CT molecular complexity index is 891. The highest BCUT2D eigenvalue weighted by molar-refractivity contribution is 8.14. The average molecular weight is 435 g/mol. The summed E-state index contributed by atoms with van der Waals surface area (Å²) in [6, 6.07) is 4.81. The average Bonchev–Trinajstić information content (AvgIpc) is 3.22. The van der Waals surface area contributed by atoms with Crippen molar-refractivity contribution in [1.29, 1.82) is 0 Å². The van der Waals surface area contributed by atoms with Crippen LogP contribution >= 0.6 is 11.8 Å². The number of fused-ring (bicyclic) bond motifs is 1. The number of nitrogens with zero attached hydrogens (tertiary/aromatic N) is 4. The maximum atomic E-state index is 13.0. The molecule has 1 saturated heterocycles. The van der Waals surface area contributed by atoms with Crippen LogP contribution in [0, 0.1) is 0 Å². The molecule has 3 rings (SSSR count). The second-order valence-corrected chi connectivity index (χ2v) is 15.3. The molecule has 29 heavy (non-hydrogen) atoms. The zero-order chi connectivity index (χ0) is 21.0. The fourth-order valence-corrected chi connectivity index (χ4v) is 4.85. The number of carbonyl (C=O) groups excluding carboxylic acids is 1. The fraction of sp³-hybridized carbons (Fsp3) is 0.550. The van der Waals surface area contributed by atoms with Gasteiger partial charge in [0.05, 0.1) is 11.7 Å². The molecule has 1 aliphatic heterocycles. The molecule has 0 aliphatic carbocycles. The quantitative estimate of drug-likeness (QED) is 0.507. The Morgan fingerprint density at radius 1 is 1.45 bits per heavy atom. The van der Waals surface area contributed by atoms with Crippen molar-refractivity contribution in [1.82, 2.24) is 14.5 Å². The molecule has 2 aromatic rings. The number of carbonyl (C=O) groups is 1. The van der Waals surface area contributed by atoms with Crippen molar-refractivity contribution >= 4 is 41.9 Å². The number of ether oxygens (including phenoxy) is 1. The molecule has 1 fully saturated rings. The van der Waals surface area contributed by atoms with Crippen LogP contribution in [0.15, 0.2) is 29.5 Å². The number of aliphatic imine (C=N–C) groups is 1. The van der Waals surface area contributed by atoms with Crippen LogP contribution < -0.4 is 0 Å². The molecular weight excluding hydrogens is 404 g/mol. The Hall–Kier alpha value is -1.68. The maximum Gasteiger partial charge on any atom is 0.281 e. The molecule has 0 aromatic carbocycles. The molecule has 0 radical (unpaired) electrons. The van der Waals surface area contributed by atoms with E-state index in [0.29, 0.717) is 30.6 Å². The highest BCUT2D eigenvalue weighted by atomic mass is 32.2. The minimum Gasteiger partial charge on any atom is -0.392 e. The zero-order valence-electron chi connectivity index (χ0n) is 17.6. The maximum absolute atomic E-state index is 13.0. The van der Waals surface area contributed by atoms with Gasteiger partial charge in [-0.3, -0.25) is 4.79 Å². The monoisotopic (exact) mass is 434 g/mol. The number of aromatic nitrogens is 2. The number of thioether (sulfide) groups is 1. The topological polar surface area (TPSA) is 80.0 Å². The van der Waals surface area contributed by atoms with Crippen LogP contribution in [0.3, 0.4) is 0 Å². The number of aliphatic hydroxyl groups is 1. The van der Waals surface area contributed by atoms with Crippen LogP contribution in [-0.2, 0) is 11.5 Å². The number of amidine groups is 1. The van der Waals surface area contributed by atoms with Gasteiger partial charge in [0.25, 0.3) is 5.91 Å². The van der Waals surface area contributed by atoms with E-state index in [0.717, 1.165) is 29.4 Å². The summed E-state index contributed by atoms with van der Waals surface area (Å²) < 4.78 is 7.74. The van der Waals surface area contributed by atoms with Crippen LogP contribution in [0.4, 0.5) is 0 Å². The van der Waals surface area contributed by atoms with Gasteiger partial charge in [0.1, 0.15) is 12.4 Å². The minimum absolute atomic E-state index is 0.288. The van der Waals surface area contributed by atoms with Crippen molar-refractivity contribution in [2.45, 2.75) is 45.4 Å². The summed E-state index contributed by atoms with van der Waals surface area (Å²) >= 11 is 1.55. The van der Waals surface area contributed by atoms with E-state index in [4.69, 9.17) is 4.74 Å². The molecule has 1 atom stereocenters. The second-order valence-electron chi connectivity index (χ2n) is 8.58. The molecule has 2 aromatic heterocycles. The molecular formula is C20H30N4O3SSi. The van der Waals surface area contributed by atoms with Crippen molar-refractivity contribution in [2.75, 3.05) is 25.4 Å². The third-order valence-electron chi connectivity index (χ3n) is 4.64. The smallest absolute Gasteiger partial charge is 0.281 e. The molecule has 158 valence electrons. The Labute approximate surface area is 177 Å². The number of β-amino-alcohol motifs (C(OH)–C–C–N with tert-alkyl or cyclic N) is 1. The number of amides is 1. The lowest BCUT2D eigenvalue weighted by molar-refractivity contribution is 0.0895. The van der Waals surface area contributed by atoms with E-state index in [1.807, 2.05) is 21.6 Å². The number of hydrogen-bond donors (Lipinski definition) is 1. The first-order valence-electron chi connectivity index (χ1n) is 9.95. The molecule has 0 spiro atoms. The summed E-state index contributed by atoms with van der Waals surface area (Å²) in [7, 11) is -1.15. The molecule has 1 N–H and O–H groups in total. The zero-order valence-corrected chi connectivity index (χ0v) is 19.4. The van der Waals surface area contributed by atoms with Gasteiger partial charge in [-0.15, -0.1) is 0 Å². The van der Waals surface area contributed by atoms with Gasteiger partial charge < -0.3 is 19.3 Å². The molecule has 1 amide bonds. The normalized spacial score (nSPS) is 17.4. The van der Waals surface area contributed by atoms with Crippen LogP contribution in [0.5, 0.6) is 0 Å². The first kappa shape index (κ1) is 22.0. The van der Waals surface area contributed by atoms with Crippen LogP contribution in [0.2, 0.25) is 25.7 Å². The summed E-state index contributed by atoms with van der Waals surface area (Å²) in [5, 5.41) is 11.1. The predicted octanol–water partition coefficient (Wildman–Crippen LogP) is 3.27. The van der Waals surface area contributed by atoms with Crippen molar-refractivity contribution in [2.24, 2.45) is 4.99 Å². The highest BCUT2D eigenvalue weighted by Crippen LogP contribution is 2.23. The summed E-state index contributed by atoms with van der Waals surface area (Å²) in [5.74, 6) is 0.580. The number of aliphatic hydroxyl groups excluding tert-OH is 1. The molecule has 9 heteroatoms. The summed E-state index contributed by atoms with van der Waals surface area (Å²) in [5.41, 5.74) is 1.25. The van der Waals surface area contributed by atoms with Gasteiger partial charge in [-0.25, -0.2) is 4.98 Å². The van der Waals surface area contributed by atoms with E-state index in [-0.39, 0.29) is 5.91 Å². The lowest BCUT2D eigenvalue weighted by atomic mass is 10.2. The van der Waals surface area contributed by atoms with Gasteiger partial charge >= 0.3 is 0 Å². The SMILES string of the molecule is CC(O)CN1CCSC1=NC(=O)c1cn(COCC[Si](C)(C)C)c2ncccc12. The van der Waals surface area contributed by atoms with E-state index in [9.17, 15) is 9.90 Å². The Balaban J connectivity index is 1.79. The van der Waals surface area contributed by atoms with Gasteiger partial charge in [-0.05, 0) is 25.1 Å². The van der Waals surface area contributed by atoms with Crippen molar-refractivity contribution in [3.8, 4) is 0 Å².